The maximum Gasteiger partial charge on any atom is 0.337 e. The zero-order valence-corrected chi connectivity index (χ0v) is 23.1. The average Bonchev–Trinajstić information content (AvgIpc) is 3.43. The van der Waals surface area contributed by atoms with Crippen molar-refractivity contribution in [3.63, 3.8) is 0 Å². The van der Waals surface area contributed by atoms with Gasteiger partial charge in [0.1, 0.15) is 24.2 Å². The number of hydrogen-bond acceptors (Lipinski definition) is 12. The van der Waals surface area contributed by atoms with E-state index in [4.69, 9.17) is 37.9 Å². The molecule has 12 nitrogen and oxygen atoms in total. The van der Waals surface area contributed by atoms with Gasteiger partial charge in [-0.15, -0.1) is 0 Å². The molecule has 5 atom stereocenters. The Kier molecular flexibility index (Phi) is 7.93. The Morgan fingerprint density at radius 3 is 1.89 bits per heavy atom. The normalized spacial score (nSPS) is 32.2. The number of ether oxygens (including phenoxy) is 8. The zero-order chi connectivity index (χ0) is 28.0. The van der Waals surface area contributed by atoms with E-state index in [0.717, 1.165) is 0 Å². The summed E-state index contributed by atoms with van der Waals surface area (Å²) in [5.74, 6) is -5.58. The Bertz CT molecular complexity index is 1010. The predicted octanol–water partition coefficient (Wildman–Crippen LogP) is 1.82. The van der Waals surface area contributed by atoms with E-state index in [1.54, 1.807) is 55.4 Å². The third kappa shape index (κ3) is 5.46. The molecule has 0 bridgehead atoms. The molecule has 1 N–H and O–H groups in total. The van der Waals surface area contributed by atoms with Crippen molar-refractivity contribution in [3.8, 4) is 0 Å². The number of allylic oxidation sites excluding steroid dienone is 2. The molecule has 38 heavy (non-hydrogen) atoms. The minimum Gasteiger partial charge on any atom is -0.463 e. The van der Waals surface area contributed by atoms with E-state index in [0.29, 0.717) is 11.4 Å². The van der Waals surface area contributed by atoms with Crippen LogP contribution in [-0.4, -0.2) is 80.0 Å². The lowest BCUT2D eigenvalue weighted by Gasteiger charge is -2.30. The van der Waals surface area contributed by atoms with Crippen molar-refractivity contribution in [2.45, 2.75) is 97.7 Å². The fraction of sp³-hybridized carbons (Fsp3) is 0.731. The Labute approximate surface area is 221 Å². The van der Waals surface area contributed by atoms with Crippen molar-refractivity contribution >= 4 is 17.9 Å². The van der Waals surface area contributed by atoms with Crippen molar-refractivity contribution < 1.29 is 52.3 Å². The van der Waals surface area contributed by atoms with Gasteiger partial charge >= 0.3 is 17.9 Å². The van der Waals surface area contributed by atoms with Crippen LogP contribution in [0.1, 0.15) is 55.4 Å². The van der Waals surface area contributed by atoms with Crippen molar-refractivity contribution in [2.75, 3.05) is 19.8 Å². The molecule has 3 fully saturated rings. The largest absolute Gasteiger partial charge is 0.463 e. The summed E-state index contributed by atoms with van der Waals surface area (Å²) in [5.41, 5.74) is 0.628. The topological polar surface area (TPSA) is 137 Å². The highest BCUT2D eigenvalue weighted by molar-refractivity contribution is 6.05. The smallest absolute Gasteiger partial charge is 0.337 e. The quantitative estimate of drug-likeness (QED) is 0.373. The lowest BCUT2D eigenvalue weighted by molar-refractivity contribution is -0.245. The number of esters is 3. The molecule has 4 aliphatic heterocycles. The highest BCUT2D eigenvalue weighted by Gasteiger charge is 2.61. The molecule has 4 aliphatic rings. The minimum atomic E-state index is -1.41. The van der Waals surface area contributed by atoms with E-state index in [1.807, 2.05) is 0 Å². The third-order valence-corrected chi connectivity index (χ3v) is 6.66. The summed E-state index contributed by atoms with van der Waals surface area (Å²) >= 11 is 0. The number of hydrogen-bond donors (Lipinski definition) is 1. The van der Waals surface area contributed by atoms with Gasteiger partial charge in [0, 0.05) is 11.4 Å². The van der Waals surface area contributed by atoms with Gasteiger partial charge in [0.15, 0.2) is 17.7 Å². The van der Waals surface area contributed by atoms with Crippen LogP contribution in [0.2, 0.25) is 0 Å². The zero-order valence-electron chi connectivity index (χ0n) is 23.1. The molecule has 0 aromatic carbocycles. The first-order valence-electron chi connectivity index (χ1n) is 12.8. The van der Waals surface area contributed by atoms with Crippen molar-refractivity contribution in [1.82, 2.24) is 5.32 Å². The van der Waals surface area contributed by atoms with Crippen LogP contribution in [0, 0.1) is 5.92 Å². The number of carbonyl (C=O) groups excluding carboxylic acids is 3. The van der Waals surface area contributed by atoms with Crippen LogP contribution in [0.3, 0.4) is 0 Å². The minimum absolute atomic E-state index is 0.0465. The molecule has 4 rings (SSSR count). The van der Waals surface area contributed by atoms with Crippen LogP contribution < -0.4 is 5.32 Å². The molecule has 212 valence electrons. The van der Waals surface area contributed by atoms with Gasteiger partial charge in [-0.3, -0.25) is 4.79 Å². The fourth-order valence-electron chi connectivity index (χ4n) is 5.23. The number of nitrogens with one attached hydrogen (secondary N) is 1. The molecule has 0 amide bonds. The maximum atomic E-state index is 13.8. The standard InChI is InChI=1S/C26H37NO11/c1-9-31-21(28)15-12(3)27-13(4)16(22(29)32-10-2)17(15)23(30)35-24-20-19(37-26(7,8)38-20)18(34-24)14-11-33-25(5,6)36-14/h14,17-20,24,27H,9-11H2,1-8H3/t14-,18-,19+,20+,24-/m1/s1. The van der Waals surface area contributed by atoms with Crippen LogP contribution in [0.15, 0.2) is 22.5 Å². The molecule has 4 heterocycles. The first kappa shape index (κ1) is 28.5. The van der Waals surface area contributed by atoms with Crippen molar-refractivity contribution in [3.05, 3.63) is 22.5 Å². The van der Waals surface area contributed by atoms with Crippen LogP contribution in [0.5, 0.6) is 0 Å². The molecule has 0 aliphatic carbocycles. The maximum absolute atomic E-state index is 13.8. The van der Waals surface area contributed by atoms with Gasteiger partial charge in [-0.05, 0) is 55.4 Å². The number of dihydropyridines is 1. The SMILES string of the molecule is CCOC(=O)C1=C(C)NC(C)=C(C(=O)OCC)C1C(=O)O[C@H]1O[C@H]([C@H]2COC(C)(C)O2)[C@@H]2OC(C)(C)O[C@H]12. The van der Waals surface area contributed by atoms with Gasteiger partial charge in [0.05, 0.1) is 31.0 Å². The van der Waals surface area contributed by atoms with Gasteiger partial charge < -0.3 is 43.2 Å². The Morgan fingerprint density at radius 2 is 1.39 bits per heavy atom. The molecule has 0 aromatic rings. The first-order chi connectivity index (χ1) is 17.8. The molecular formula is C26H37NO11. The van der Waals surface area contributed by atoms with Gasteiger partial charge in [-0.1, -0.05) is 0 Å². The Hall–Kier alpha value is -2.51. The summed E-state index contributed by atoms with van der Waals surface area (Å²) in [4.78, 5) is 39.7. The second-order valence-electron chi connectivity index (χ2n) is 10.4. The van der Waals surface area contributed by atoms with Crippen LogP contribution in [0.25, 0.3) is 0 Å². The van der Waals surface area contributed by atoms with E-state index >= 15 is 0 Å². The predicted molar refractivity (Wildman–Crippen MR) is 129 cm³/mol. The molecule has 0 spiro atoms. The number of carbonyl (C=O) groups is 3. The summed E-state index contributed by atoms with van der Waals surface area (Å²) in [6.45, 7) is 14.0. The van der Waals surface area contributed by atoms with Gasteiger partial charge in [-0.2, -0.15) is 0 Å². The number of fused-ring (bicyclic) bond motifs is 1. The van der Waals surface area contributed by atoms with Crippen molar-refractivity contribution in [1.29, 1.82) is 0 Å². The van der Waals surface area contributed by atoms with E-state index in [9.17, 15) is 14.4 Å². The van der Waals surface area contributed by atoms with Gasteiger partial charge in [0.25, 0.3) is 0 Å². The van der Waals surface area contributed by atoms with Crippen LogP contribution >= 0.6 is 0 Å². The summed E-state index contributed by atoms with van der Waals surface area (Å²) in [6.07, 6.45) is -3.74. The molecule has 0 aromatic heterocycles. The number of rotatable bonds is 7. The van der Waals surface area contributed by atoms with E-state index in [2.05, 4.69) is 5.32 Å². The van der Waals surface area contributed by atoms with Crippen LogP contribution in [-0.2, 0) is 52.3 Å². The van der Waals surface area contributed by atoms with E-state index in [-0.39, 0.29) is 31.0 Å². The highest BCUT2D eigenvalue weighted by atomic mass is 16.8. The highest BCUT2D eigenvalue weighted by Crippen LogP contribution is 2.43. The lowest BCUT2D eigenvalue weighted by Crippen LogP contribution is -2.41. The first-order valence-corrected chi connectivity index (χ1v) is 12.8. The van der Waals surface area contributed by atoms with Crippen molar-refractivity contribution in [2.24, 2.45) is 5.92 Å². The van der Waals surface area contributed by atoms with E-state index < -0.39 is 66.1 Å². The molecule has 3 saturated heterocycles. The summed E-state index contributed by atoms with van der Waals surface area (Å²) in [7, 11) is 0. The average molecular weight is 540 g/mol. The molecule has 0 saturated carbocycles. The van der Waals surface area contributed by atoms with Gasteiger partial charge in [-0.25, -0.2) is 9.59 Å². The monoisotopic (exact) mass is 539 g/mol. The Balaban J connectivity index is 1.64. The molecule has 12 heteroatoms. The lowest BCUT2D eigenvalue weighted by atomic mass is 9.85. The van der Waals surface area contributed by atoms with E-state index in [1.165, 1.54) is 0 Å². The Morgan fingerprint density at radius 1 is 0.842 bits per heavy atom. The molecule has 0 unspecified atom stereocenters. The summed E-state index contributed by atoms with van der Waals surface area (Å²) in [5, 5.41) is 2.98. The third-order valence-electron chi connectivity index (χ3n) is 6.66. The summed E-state index contributed by atoms with van der Waals surface area (Å²) in [6, 6.07) is 0. The summed E-state index contributed by atoms with van der Waals surface area (Å²) < 4.78 is 46.2. The van der Waals surface area contributed by atoms with Crippen LogP contribution in [0.4, 0.5) is 0 Å². The second-order valence-corrected chi connectivity index (χ2v) is 10.4. The molecular weight excluding hydrogens is 502 g/mol. The molecule has 0 radical (unpaired) electrons. The second kappa shape index (κ2) is 10.6. The van der Waals surface area contributed by atoms with Gasteiger partial charge in [0.2, 0.25) is 6.29 Å². The fourth-order valence-corrected chi connectivity index (χ4v) is 5.23.